The van der Waals surface area contributed by atoms with Gasteiger partial charge in [0.1, 0.15) is 0 Å². The molecule has 0 saturated carbocycles. The molecular formula is C8H12N2O3. The standard InChI is InChI=1S/C8H12N2O3/c1-8(2,9)6-5(7(11)12-3)10-4-13-6/h4H,9H2,1-3H3. The van der Waals surface area contributed by atoms with Crippen molar-refractivity contribution in [3.05, 3.63) is 17.8 Å². The number of esters is 1. The second-order valence-electron chi connectivity index (χ2n) is 3.24. The van der Waals surface area contributed by atoms with Gasteiger partial charge in [-0.1, -0.05) is 0 Å². The average Bonchev–Trinajstić information content (AvgIpc) is 2.49. The molecule has 0 aromatic carbocycles. The third kappa shape index (κ3) is 1.86. The van der Waals surface area contributed by atoms with Gasteiger partial charge in [0.2, 0.25) is 0 Å². The molecular weight excluding hydrogens is 172 g/mol. The molecule has 0 bridgehead atoms. The van der Waals surface area contributed by atoms with Crippen molar-refractivity contribution in [2.24, 2.45) is 5.73 Å². The van der Waals surface area contributed by atoms with E-state index in [1.54, 1.807) is 13.8 Å². The van der Waals surface area contributed by atoms with Crippen LogP contribution in [0.2, 0.25) is 0 Å². The molecule has 0 spiro atoms. The Morgan fingerprint density at radius 2 is 2.31 bits per heavy atom. The molecule has 2 N–H and O–H groups in total. The van der Waals surface area contributed by atoms with Crippen LogP contribution in [0.15, 0.2) is 10.8 Å². The molecule has 0 amide bonds. The summed E-state index contributed by atoms with van der Waals surface area (Å²) in [6, 6.07) is 0. The molecule has 0 radical (unpaired) electrons. The third-order valence-electron chi connectivity index (χ3n) is 1.53. The minimum atomic E-state index is -0.736. The molecule has 1 aromatic rings. The third-order valence-corrected chi connectivity index (χ3v) is 1.53. The summed E-state index contributed by atoms with van der Waals surface area (Å²) in [5.74, 6) is -0.207. The topological polar surface area (TPSA) is 78.3 Å². The molecule has 5 nitrogen and oxygen atoms in total. The Balaban J connectivity index is 3.10. The number of rotatable bonds is 2. The minimum absolute atomic E-state index is 0.134. The van der Waals surface area contributed by atoms with Crippen LogP contribution < -0.4 is 5.73 Å². The summed E-state index contributed by atoms with van der Waals surface area (Å²) in [5, 5.41) is 0. The van der Waals surface area contributed by atoms with Gasteiger partial charge < -0.3 is 14.9 Å². The highest BCUT2D eigenvalue weighted by Gasteiger charge is 2.27. The Labute approximate surface area is 75.9 Å². The number of carbonyl (C=O) groups is 1. The number of carbonyl (C=O) groups excluding carboxylic acids is 1. The van der Waals surface area contributed by atoms with Gasteiger partial charge in [0.25, 0.3) is 0 Å². The lowest BCUT2D eigenvalue weighted by molar-refractivity contribution is 0.0589. The van der Waals surface area contributed by atoms with Crippen molar-refractivity contribution in [1.82, 2.24) is 4.98 Å². The number of hydrogen-bond donors (Lipinski definition) is 1. The average molecular weight is 184 g/mol. The Kier molecular flexibility index (Phi) is 2.38. The zero-order chi connectivity index (χ0) is 10.1. The van der Waals surface area contributed by atoms with Gasteiger partial charge in [-0.15, -0.1) is 0 Å². The Hall–Kier alpha value is -1.36. The largest absolute Gasteiger partial charge is 0.464 e. The van der Waals surface area contributed by atoms with Crippen LogP contribution in [0.4, 0.5) is 0 Å². The van der Waals surface area contributed by atoms with E-state index in [2.05, 4.69) is 9.72 Å². The minimum Gasteiger partial charge on any atom is -0.464 e. The predicted octanol–water partition coefficient (Wildman–Crippen LogP) is 0.655. The van der Waals surface area contributed by atoms with Crippen molar-refractivity contribution < 1.29 is 13.9 Å². The Bertz CT molecular complexity index is 311. The van der Waals surface area contributed by atoms with Crippen LogP contribution in [0.1, 0.15) is 30.1 Å². The second kappa shape index (κ2) is 3.18. The molecule has 13 heavy (non-hydrogen) atoms. The van der Waals surface area contributed by atoms with Gasteiger partial charge >= 0.3 is 5.97 Å². The molecule has 0 aliphatic rings. The Morgan fingerprint density at radius 1 is 1.69 bits per heavy atom. The first kappa shape index (κ1) is 9.73. The van der Waals surface area contributed by atoms with Gasteiger partial charge in [0.15, 0.2) is 17.8 Å². The van der Waals surface area contributed by atoms with Crippen molar-refractivity contribution in [2.75, 3.05) is 7.11 Å². The quantitative estimate of drug-likeness (QED) is 0.683. The zero-order valence-electron chi connectivity index (χ0n) is 7.83. The molecule has 1 rings (SSSR count). The summed E-state index contributed by atoms with van der Waals surface area (Å²) in [5.41, 5.74) is 5.15. The second-order valence-corrected chi connectivity index (χ2v) is 3.24. The van der Waals surface area contributed by atoms with Crippen molar-refractivity contribution >= 4 is 5.97 Å². The van der Waals surface area contributed by atoms with Crippen LogP contribution in [0, 0.1) is 0 Å². The zero-order valence-corrected chi connectivity index (χ0v) is 7.83. The van der Waals surface area contributed by atoms with Crippen LogP contribution >= 0.6 is 0 Å². The van der Waals surface area contributed by atoms with Crippen molar-refractivity contribution in [3.8, 4) is 0 Å². The van der Waals surface area contributed by atoms with E-state index in [0.717, 1.165) is 0 Å². The highest BCUT2D eigenvalue weighted by molar-refractivity contribution is 5.88. The summed E-state index contributed by atoms with van der Waals surface area (Å²) >= 11 is 0. The number of aromatic nitrogens is 1. The Morgan fingerprint density at radius 3 is 2.77 bits per heavy atom. The van der Waals surface area contributed by atoms with Gasteiger partial charge in [0.05, 0.1) is 12.6 Å². The lowest BCUT2D eigenvalue weighted by atomic mass is 10.0. The van der Waals surface area contributed by atoms with Crippen molar-refractivity contribution in [1.29, 1.82) is 0 Å². The number of nitrogens with two attached hydrogens (primary N) is 1. The maximum absolute atomic E-state index is 11.1. The summed E-state index contributed by atoms with van der Waals surface area (Å²) < 4.78 is 9.53. The number of hydrogen-bond acceptors (Lipinski definition) is 5. The van der Waals surface area contributed by atoms with E-state index in [1.807, 2.05) is 0 Å². The molecule has 0 atom stereocenters. The maximum atomic E-state index is 11.1. The molecule has 0 aliphatic heterocycles. The smallest absolute Gasteiger partial charge is 0.360 e. The number of oxazole rings is 1. The van der Waals surface area contributed by atoms with E-state index in [9.17, 15) is 4.79 Å². The normalized spacial score (nSPS) is 11.4. The van der Waals surface area contributed by atoms with Crippen LogP contribution in [-0.2, 0) is 10.3 Å². The monoisotopic (exact) mass is 184 g/mol. The first-order valence-corrected chi connectivity index (χ1v) is 3.78. The lowest BCUT2D eigenvalue weighted by Crippen LogP contribution is -2.30. The summed E-state index contributed by atoms with van der Waals surface area (Å²) in [6.45, 7) is 3.44. The van der Waals surface area contributed by atoms with Gasteiger partial charge in [-0.25, -0.2) is 9.78 Å². The molecule has 0 fully saturated rings. The summed E-state index contributed by atoms with van der Waals surface area (Å²) in [7, 11) is 1.28. The van der Waals surface area contributed by atoms with Crippen LogP contribution in [0.5, 0.6) is 0 Å². The fraction of sp³-hybridized carbons (Fsp3) is 0.500. The van der Waals surface area contributed by atoms with E-state index >= 15 is 0 Å². The number of methoxy groups -OCH3 is 1. The van der Waals surface area contributed by atoms with E-state index in [-0.39, 0.29) is 5.69 Å². The van der Waals surface area contributed by atoms with Crippen LogP contribution in [0.3, 0.4) is 0 Å². The SMILES string of the molecule is COC(=O)c1ncoc1C(C)(C)N. The molecule has 1 heterocycles. The number of nitrogens with zero attached hydrogens (tertiary/aromatic N) is 1. The van der Waals surface area contributed by atoms with E-state index < -0.39 is 11.5 Å². The van der Waals surface area contributed by atoms with E-state index in [0.29, 0.717) is 5.76 Å². The summed E-state index contributed by atoms with van der Waals surface area (Å²) in [6.07, 6.45) is 1.18. The van der Waals surface area contributed by atoms with Crippen molar-refractivity contribution in [2.45, 2.75) is 19.4 Å². The molecule has 0 unspecified atom stereocenters. The fourth-order valence-corrected chi connectivity index (χ4v) is 0.945. The van der Waals surface area contributed by atoms with Gasteiger partial charge in [-0.05, 0) is 13.8 Å². The highest BCUT2D eigenvalue weighted by atomic mass is 16.5. The highest BCUT2D eigenvalue weighted by Crippen LogP contribution is 2.20. The molecule has 0 aliphatic carbocycles. The predicted molar refractivity (Wildman–Crippen MR) is 45.1 cm³/mol. The molecule has 5 heteroatoms. The first-order chi connectivity index (χ1) is 5.96. The van der Waals surface area contributed by atoms with Crippen LogP contribution in [0.25, 0.3) is 0 Å². The first-order valence-electron chi connectivity index (χ1n) is 3.78. The van der Waals surface area contributed by atoms with Crippen LogP contribution in [-0.4, -0.2) is 18.1 Å². The lowest BCUT2D eigenvalue weighted by Gasteiger charge is -2.15. The van der Waals surface area contributed by atoms with Crippen molar-refractivity contribution in [3.63, 3.8) is 0 Å². The fourth-order valence-electron chi connectivity index (χ4n) is 0.945. The maximum Gasteiger partial charge on any atom is 0.360 e. The van der Waals surface area contributed by atoms with E-state index in [1.165, 1.54) is 13.5 Å². The summed E-state index contributed by atoms with van der Waals surface area (Å²) in [4.78, 5) is 14.9. The molecule has 0 saturated heterocycles. The molecule has 72 valence electrons. The molecule has 1 aromatic heterocycles. The van der Waals surface area contributed by atoms with Gasteiger partial charge in [-0.2, -0.15) is 0 Å². The van der Waals surface area contributed by atoms with Gasteiger partial charge in [0, 0.05) is 0 Å². The van der Waals surface area contributed by atoms with E-state index in [4.69, 9.17) is 10.2 Å². The number of ether oxygens (including phenoxy) is 1. The van der Waals surface area contributed by atoms with Gasteiger partial charge in [-0.3, -0.25) is 0 Å².